The molecule has 2 fully saturated rings. The van der Waals surface area contributed by atoms with E-state index in [1.165, 1.54) is 5.69 Å². The van der Waals surface area contributed by atoms with Crippen LogP contribution in [0.4, 0.5) is 5.69 Å². The van der Waals surface area contributed by atoms with Gasteiger partial charge in [0.05, 0.1) is 38.6 Å². The molecule has 0 bridgehead atoms. The molecule has 0 spiro atoms. The van der Waals surface area contributed by atoms with E-state index >= 15 is 0 Å². The highest BCUT2D eigenvalue weighted by Crippen LogP contribution is 2.41. The second-order valence-electron chi connectivity index (χ2n) is 11.1. The predicted octanol–water partition coefficient (Wildman–Crippen LogP) is 6.81. The molecule has 2 heterocycles. The van der Waals surface area contributed by atoms with Crippen molar-refractivity contribution in [3.63, 3.8) is 0 Å². The van der Waals surface area contributed by atoms with Gasteiger partial charge in [0.2, 0.25) is 0 Å². The molecule has 6 unspecified atom stereocenters. The Morgan fingerprint density at radius 1 is 0.634 bits per heavy atom. The number of rotatable bonds is 11. The van der Waals surface area contributed by atoms with E-state index in [1.54, 1.807) is 0 Å². The summed E-state index contributed by atoms with van der Waals surface area (Å²) >= 11 is 0. The maximum Gasteiger partial charge on any atom is 0.115 e. The van der Waals surface area contributed by atoms with Crippen molar-refractivity contribution in [2.45, 2.75) is 69.7 Å². The Balaban J connectivity index is 1.29. The fraction of sp³-hybridized carbons (Fsp3) is 0.333. The van der Waals surface area contributed by atoms with Gasteiger partial charge in [0.25, 0.3) is 0 Å². The first kappa shape index (κ1) is 27.7. The van der Waals surface area contributed by atoms with Gasteiger partial charge in [-0.25, -0.2) is 0 Å². The fourth-order valence-electron chi connectivity index (χ4n) is 6.23. The molecule has 4 aromatic carbocycles. The summed E-state index contributed by atoms with van der Waals surface area (Å²) in [6.07, 6.45) is 0.145. The summed E-state index contributed by atoms with van der Waals surface area (Å²) in [5.74, 6) is 0. The van der Waals surface area contributed by atoms with Crippen LogP contribution in [0, 0.1) is 0 Å². The monoisotopic (exact) mass is 549 g/mol. The highest BCUT2D eigenvalue weighted by atomic mass is 16.6. The van der Waals surface area contributed by atoms with Crippen LogP contribution >= 0.6 is 0 Å². The summed E-state index contributed by atoms with van der Waals surface area (Å²) in [6.45, 7) is 4.23. The van der Waals surface area contributed by atoms with E-state index in [1.807, 2.05) is 42.5 Å². The standard InChI is InChI=1S/C36H39NO4/c1-27-22-32-34(37(27)31-20-12-5-13-21-31)36(40-25-30-18-10-4-11-19-30)35(39-24-29-16-8-3-9-17-29)33(41-32)26-38-23-28-14-6-2-7-15-28/h2-21,27,32-36H,22-26H2,1H3. The highest BCUT2D eigenvalue weighted by Gasteiger charge is 2.54. The van der Waals surface area contributed by atoms with Crippen molar-refractivity contribution in [2.75, 3.05) is 11.5 Å². The first-order valence-electron chi connectivity index (χ1n) is 14.7. The van der Waals surface area contributed by atoms with Crippen LogP contribution < -0.4 is 4.90 Å². The van der Waals surface area contributed by atoms with Crippen LogP contribution in [0.5, 0.6) is 0 Å². The summed E-state index contributed by atoms with van der Waals surface area (Å²) in [5.41, 5.74) is 4.60. The molecule has 4 aromatic rings. The average Bonchev–Trinajstić information content (AvgIpc) is 3.36. The number of para-hydroxylation sites is 1. The van der Waals surface area contributed by atoms with Crippen LogP contribution in [0.2, 0.25) is 0 Å². The molecule has 2 aliphatic heterocycles. The third-order valence-corrected chi connectivity index (χ3v) is 8.15. The normalized spacial score (nSPS) is 25.6. The minimum absolute atomic E-state index is 0.00730. The molecule has 6 atom stereocenters. The lowest BCUT2D eigenvalue weighted by molar-refractivity contribution is -0.222. The number of nitrogens with zero attached hydrogens (tertiary/aromatic N) is 1. The minimum Gasteiger partial charge on any atom is -0.374 e. The molecule has 5 nitrogen and oxygen atoms in total. The van der Waals surface area contributed by atoms with Crippen LogP contribution in [0.15, 0.2) is 121 Å². The van der Waals surface area contributed by atoms with E-state index in [2.05, 4.69) is 90.7 Å². The van der Waals surface area contributed by atoms with E-state index < -0.39 is 0 Å². The fourth-order valence-corrected chi connectivity index (χ4v) is 6.23. The van der Waals surface area contributed by atoms with Crippen LogP contribution in [0.3, 0.4) is 0 Å². The Labute approximate surface area is 243 Å². The quantitative estimate of drug-likeness (QED) is 0.206. The lowest BCUT2D eigenvalue weighted by Crippen LogP contribution is -2.62. The summed E-state index contributed by atoms with van der Waals surface area (Å²) < 4.78 is 26.8. The zero-order valence-corrected chi connectivity index (χ0v) is 23.6. The van der Waals surface area contributed by atoms with Gasteiger partial charge in [0.1, 0.15) is 18.3 Å². The number of hydrogen-bond donors (Lipinski definition) is 0. The third kappa shape index (κ3) is 6.71. The Hall–Kier alpha value is -3.48. The lowest BCUT2D eigenvalue weighted by atomic mass is 9.92. The first-order chi connectivity index (χ1) is 20.3. The maximum atomic E-state index is 6.88. The zero-order valence-electron chi connectivity index (χ0n) is 23.6. The second-order valence-corrected chi connectivity index (χ2v) is 11.1. The van der Waals surface area contributed by atoms with Gasteiger partial charge < -0.3 is 23.8 Å². The molecular formula is C36H39NO4. The predicted molar refractivity (Wildman–Crippen MR) is 162 cm³/mol. The Morgan fingerprint density at radius 2 is 1.12 bits per heavy atom. The zero-order chi connectivity index (χ0) is 27.9. The average molecular weight is 550 g/mol. The van der Waals surface area contributed by atoms with E-state index in [9.17, 15) is 0 Å². The summed E-state index contributed by atoms with van der Waals surface area (Å²) in [7, 11) is 0. The SMILES string of the molecule is CC1CC2OC(COCc3ccccc3)C(OCc3ccccc3)C(OCc3ccccc3)C2N1c1ccccc1. The molecule has 212 valence electrons. The molecule has 0 amide bonds. The van der Waals surface area contributed by atoms with Crippen LogP contribution in [0.25, 0.3) is 0 Å². The third-order valence-electron chi connectivity index (χ3n) is 8.15. The van der Waals surface area contributed by atoms with E-state index in [0.29, 0.717) is 32.5 Å². The summed E-state index contributed by atoms with van der Waals surface area (Å²) in [6, 6.07) is 41.9. The summed E-state index contributed by atoms with van der Waals surface area (Å²) in [4.78, 5) is 2.49. The van der Waals surface area contributed by atoms with Crippen molar-refractivity contribution >= 4 is 5.69 Å². The Kier molecular flexibility index (Phi) is 9.08. The molecule has 0 aromatic heterocycles. The molecule has 0 aliphatic carbocycles. The molecule has 0 radical (unpaired) electrons. The van der Waals surface area contributed by atoms with Gasteiger partial charge in [-0.2, -0.15) is 0 Å². The minimum atomic E-state index is -0.313. The summed E-state index contributed by atoms with van der Waals surface area (Å²) in [5, 5.41) is 0. The topological polar surface area (TPSA) is 40.2 Å². The van der Waals surface area contributed by atoms with E-state index in [4.69, 9.17) is 18.9 Å². The number of ether oxygens (including phenoxy) is 4. The van der Waals surface area contributed by atoms with Gasteiger partial charge in [0, 0.05) is 11.7 Å². The largest absolute Gasteiger partial charge is 0.374 e. The number of benzene rings is 4. The maximum absolute atomic E-state index is 6.88. The van der Waals surface area contributed by atoms with Gasteiger partial charge in [-0.3, -0.25) is 0 Å². The molecule has 2 saturated heterocycles. The van der Waals surface area contributed by atoms with Crippen molar-refractivity contribution in [3.05, 3.63) is 138 Å². The van der Waals surface area contributed by atoms with Crippen molar-refractivity contribution in [1.29, 1.82) is 0 Å². The van der Waals surface area contributed by atoms with Crippen molar-refractivity contribution in [1.82, 2.24) is 0 Å². The van der Waals surface area contributed by atoms with Crippen molar-refractivity contribution < 1.29 is 18.9 Å². The molecular weight excluding hydrogens is 510 g/mol. The van der Waals surface area contributed by atoms with Gasteiger partial charge >= 0.3 is 0 Å². The van der Waals surface area contributed by atoms with E-state index in [0.717, 1.165) is 23.1 Å². The number of hydrogen-bond acceptors (Lipinski definition) is 5. The van der Waals surface area contributed by atoms with Crippen molar-refractivity contribution in [3.8, 4) is 0 Å². The molecule has 0 N–H and O–H groups in total. The molecule has 0 saturated carbocycles. The lowest BCUT2D eigenvalue weighted by Gasteiger charge is -2.47. The Morgan fingerprint density at radius 3 is 1.68 bits per heavy atom. The van der Waals surface area contributed by atoms with Crippen molar-refractivity contribution in [2.24, 2.45) is 0 Å². The van der Waals surface area contributed by atoms with Gasteiger partial charge in [-0.15, -0.1) is 0 Å². The molecule has 41 heavy (non-hydrogen) atoms. The first-order valence-corrected chi connectivity index (χ1v) is 14.7. The van der Waals surface area contributed by atoms with Gasteiger partial charge in [-0.1, -0.05) is 109 Å². The molecule has 2 aliphatic rings. The molecule has 6 rings (SSSR count). The van der Waals surface area contributed by atoms with E-state index in [-0.39, 0.29) is 30.5 Å². The van der Waals surface area contributed by atoms with Gasteiger partial charge in [-0.05, 0) is 42.2 Å². The second kappa shape index (κ2) is 13.5. The van der Waals surface area contributed by atoms with Crippen LogP contribution in [0.1, 0.15) is 30.0 Å². The Bertz CT molecular complexity index is 1320. The molecule has 5 heteroatoms. The van der Waals surface area contributed by atoms with Gasteiger partial charge in [0.15, 0.2) is 0 Å². The number of fused-ring (bicyclic) bond motifs is 1. The van der Waals surface area contributed by atoms with Crippen LogP contribution in [-0.4, -0.2) is 43.1 Å². The highest BCUT2D eigenvalue weighted by molar-refractivity contribution is 5.51. The smallest absolute Gasteiger partial charge is 0.115 e. The van der Waals surface area contributed by atoms with Crippen LogP contribution in [-0.2, 0) is 38.8 Å². The number of anilines is 1.